The summed E-state index contributed by atoms with van der Waals surface area (Å²) >= 11 is 0. The van der Waals surface area contributed by atoms with Crippen LogP contribution in [0.15, 0.2) is 0 Å². The van der Waals surface area contributed by atoms with Crippen molar-refractivity contribution < 1.29 is 22.7 Å². The summed E-state index contributed by atoms with van der Waals surface area (Å²) in [6, 6.07) is 0. The van der Waals surface area contributed by atoms with Crippen LogP contribution in [0.25, 0.3) is 0 Å². The van der Waals surface area contributed by atoms with E-state index < -0.39 is 17.7 Å². The maximum Gasteiger partial charge on any atom is 0.428 e. The molecular weight excluding hydrogens is 307 g/mol. The maximum absolute atomic E-state index is 13.2. The Kier molecular flexibility index (Phi) is 8.37. The van der Waals surface area contributed by atoms with Crippen LogP contribution in [0.5, 0.6) is 0 Å². The van der Waals surface area contributed by atoms with Crippen LogP contribution in [0.1, 0.15) is 71.6 Å². The second-order valence-electron chi connectivity index (χ2n) is 6.47. The quantitative estimate of drug-likeness (QED) is 0.541. The molecule has 0 bridgehead atoms. The highest BCUT2D eigenvalue weighted by molar-refractivity contribution is 5.70. The fraction of sp³-hybridized carbons (Fsp3) is 0.941. The normalized spacial score (nSPS) is 17.7. The predicted molar refractivity (Wildman–Crippen MR) is 84.2 cm³/mol. The Bertz CT molecular complexity index is 344. The fourth-order valence-electron chi connectivity index (χ4n) is 3.01. The first kappa shape index (κ1) is 20.3. The molecule has 136 valence electrons. The number of carbonyl (C=O) groups is 1. The number of alkyl halides is 3. The lowest BCUT2D eigenvalue weighted by Gasteiger charge is -2.31. The topological polar surface area (TPSA) is 29.5 Å². The average Bonchev–Trinajstić information content (AvgIpc) is 2.96. The van der Waals surface area contributed by atoms with Crippen molar-refractivity contribution in [3.05, 3.63) is 0 Å². The summed E-state index contributed by atoms with van der Waals surface area (Å²) in [7, 11) is 0. The molecule has 1 aliphatic rings. The number of unbranched alkanes of at least 4 members (excludes halogenated alkanes) is 2. The van der Waals surface area contributed by atoms with E-state index in [1.807, 2.05) is 0 Å². The standard InChI is InChI=1S/C17H30F3NO2/c1-3-5-12-21(13-6-4-2)14-9-15(22)23-16(17(18,19)20)10-7-8-11-16/h3-14H2,1-2H3. The third-order valence-corrected chi connectivity index (χ3v) is 4.52. The second kappa shape index (κ2) is 9.50. The van der Waals surface area contributed by atoms with Crippen molar-refractivity contribution in [2.45, 2.75) is 83.4 Å². The van der Waals surface area contributed by atoms with E-state index in [2.05, 4.69) is 18.7 Å². The molecule has 0 radical (unpaired) electrons. The van der Waals surface area contributed by atoms with Gasteiger partial charge < -0.3 is 9.64 Å². The van der Waals surface area contributed by atoms with Gasteiger partial charge in [0.05, 0.1) is 6.42 Å². The lowest BCUT2D eigenvalue weighted by atomic mass is 10.0. The molecule has 23 heavy (non-hydrogen) atoms. The molecule has 6 heteroatoms. The van der Waals surface area contributed by atoms with Gasteiger partial charge in [-0.3, -0.25) is 4.79 Å². The number of hydrogen-bond donors (Lipinski definition) is 0. The van der Waals surface area contributed by atoms with Crippen molar-refractivity contribution in [3.8, 4) is 0 Å². The number of rotatable bonds is 10. The zero-order valence-corrected chi connectivity index (χ0v) is 14.4. The smallest absolute Gasteiger partial charge is 0.428 e. The predicted octanol–water partition coefficient (Wildman–Crippen LogP) is 4.70. The van der Waals surface area contributed by atoms with Gasteiger partial charge in [0.25, 0.3) is 0 Å². The van der Waals surface area contributed by atoms with Gasteiger partial charge in [-0.05, 0) is 51.6 Å². The molecule has 0 amide bonds. The van der Waals surface area contributed by atoms with Gasteiger partial charge in [0.15, 0.2) is 0 Å². The molecule has 1 fully saturated rings. The van der Waals surface area contributed by atoms with Crippen LogP contribution in [-0.4, -0.2) is 42.3 Å². The molecule has 0 unspecified atom stereocenters. The molecule has 0 heterocycles. The van der Waals surface area contributed by atoms with E-state index in [4.69, 9.17) is 4.74 Å². The zero-order chi connectivity index (χ0) is 17.3. The van der Waals surface area contributed by atoms with Gasteiger partial charge in [-0.1, -0.05) is 26.7 Å². The average molecular weight is 337 g/mol. The minimum atomic E-state index is -4.47. The van der Waals surface area contributed by atoms with Crippen molar-refractivity contribution in [2.75, 3.05) is 19.6 Å². The molecule has 0 aromatic carbocycles. The van der Waals surface area contributed by atoms with E-state index in [9.17, 15) is 18.0 Å². The van der Waals surface area contributed by atoms with Crippen molar-refractivity contribution in [1.82, 2.24) is 4.90 Å². The summed E-state index contributed by atoms with van der Waals surface area (Å²) in [6.07, 6.45) is 0.479. The van der Waals surface area contributed by atoms with Crippen LogP contribution < -0.4 is 0 Å². The Morgan fingerprint density at radius 3 is 2.00 bits per heavy atom. The third-order valence-electron chi connectivity index (χ3n) is 4.52. The monoisotopic (exact) mass is 337 g/mol. The first-order valence-corrected chi connectivity index (χ1v) is 8.85. The Hall–Kier alpha value is -0.780. The van der Waals surface area contributed by atoms with Crippen LogP contribution in [0.4, 0.5) is 13.2 Å². The van der Waals surface area contributed by atoms with Gasteiger partial charge in [-0.15, -0.1) is 0 Å². The number of esters is 1. The van der Waals surface area contributed by atoms with Crippen LogP contribution >= 0.6 is 0 Å². The first-order chi connectivity index (χ1) is 10.8. The first-order valence-electron chi connectivity index (χ1n) is 8.85. The lowest BCUT2D eigenvalue weighted by molar-refractivity contribution is -0.267. The van der Waals surface area contributed by atoms with Crippen LogP contribution in [-0.2, 0) is 9.53 Å². The molecule has 1 rings (SSSR count). The summed E-state index contributed by atoms with van der Waals surface area (Å²) in [5, 5.41) is 0. The van der Waals surface area contributed by atoms with E-state index in [0.29, 0.717) is 19.4 Å². The Balaban J connectivity index is 2.50. The van der Waals surface area contributed by atoms with Gasteiger partial charge in [-0.25, -0.2) is 0 Å². The Morgan fingerprint density at radius 1 is 1.04 bits per heavy atom. The van der Waals surface area contributed by atoms with Crippen molar-refractivity contribution in [1.29, 1.82) is 0 Å². The molecule has 0 aromatic heterocycles. The van der Waals surface area contributed by atoms with Gasteiger partial charge in [0.1, 0.15) is 0 Å². The van der Waals surface area contributed by atoms with E-state index in [1.54, 1.807) is 0 Å². The van der Waals surface area contributed by atoms with Crippen molar-refractivity contribution in [2.24, 2.45) is 0 Å². The largest absolute Gasteiger partial charge is 0.449 e. The van der Waals surface area contributed by atoms with Crippen LogP contribution in [0, 0.1) is 0 Å². The summed E-state index contributed by atoms with van der Waals surface area (Å²) < 4.78 is 44.6. The second-order valence-corrected chi connectivity index (χ2v) is 6.47. The van der Waals surface area contributed by atoms with Crippen LogP contribution in [0.2, 0.25) is 0 Å². The molecule has 0 atom stereocenters. The Labute approximate surface area is 137 Å². The number of hydrogen-bond acceptors (Lipinski definition) is 3. The fourth-order valence-corrected chi connectivity index (χ4v) is 3.01. The maximum atomic E-state index is 13.2. The van der Waals surface area contributed by atoms with E-state index in [1.165, 1.54) is 0 Å². The van der Waals surface area contributed by atoms with Gasteiger partial charge in [0.2, 0.25) is 5.60 Å². The van der Waals surface area contributed by atoms with Gasteiger partial charge in [0, 0.05) is 6.54 Å². The van der Waals surface area contributed by atoms with Gasteiger partial charge in [-0.2, -0.15) is 13.2 Å². The van der Waals surface area contributed by atoms with Crippen molar-refractivity contribution in [3.63, 3.8) is 0 Å². The highest BCUT2D eigenvalue weighted by Crippen LogP contribution is 2.45. The number of carbonyl (C=O) groups excluding carboxylic acids is 1. The molecule has 1 aliphatic carbocycles. The summed E-state index contributed by atoms with van der Waals surface area (Å²) in [4.78, 5) is 14.1. The number of nitrogens with zero attached hydrogens (tertiary/aromatic N) is 1. The molecule has 0 aromatic rings. The summed E-state index contributed by atoms with van der Waals surface area (Å²) in [5.41, 5.74) is -2.23. The van der Waals surface area contributed by atoms with E-state index in [0.717, 1.165) is 38.8 Å². The summed E-state index contributed by atoms with van der Waals surface area (Å²) in [6.45, 7) is 6.44. The van der Waals surface area contributed by atoms with E-state index in [-0.39, 0.29) is 19.3 Å². The molecule has 0 N–H and O–H groups in total. The molecule has 3 nitrogen and oxygen atoms in total. The minimum absolute atomic E-state index is 0.0330. The molecule has 0 aliphatic heterocycles. The summed E-state index contributed by atoms with van der Waals surface area (Å²) in [5.74, 6) is -0.720. The van der Waals surface area contributed by atoms with E-state index >= 15 is 0 Å². The number of halogens is 3. The molecule has 0 saturated heterocycles. The van der Waals surface area contributed by atoms with Gasteiger partial charge >= 0.3 is 12.1 Å². The third kappa shape index (κ3) is 6.32. The number of ether oxygens (including phenoxy) is 1. The highest BCUT2D eigenvalue weighted by atomic mass is 19.4. The SMILES string of the molecule is CCCCN(CCCC)CCC(=O)OC1(C(F)(F)F)CCCC1. The van der Waals surface area contributed by atoms with Crippen LogP contribution in [0.3, 0.4) is 0 Å². The minimum Gasteiger partial charge on any atom is -0.449 e. The highest BCUT2D eigenvalue weighted by Gasteiger charge is 2.59. The molecule has 1 saturated carbocycles. The Morgan fingerprint density at radius 2 is 1.57 bits per heavy atom. The zero-order valence-electron chi connectivity index (χ0n) is 14.4. The molecule has 0 spiro atoms. The van der Waals surface area contributed by atoms with Crippen molar-refractivity contribution >= 4 is 5.97 Å². The lowest BCUT2D eigenvalue weighted by Crippen LogP contribution is -2.47. The molecular formula is C17H30F3NO2.